The number of hydrogen-bond acceptors (Lipinski definition) is 4. The van der Waals surface area contributed by atoms with Crippen LogP contribution in [0.2, 0.25) is 0 Å². The normalized spacial score (nSPS) is 14.5. The number of nitrogens with zero attached hydrogens (tertiary/aromatic N) is 2. The number of ether oxygens (including phenoxy) is 1. The molecule has 1 heterocycles. The van der Waals surface area contributed by atoms with Gasteiger partial charge in [-0.3, -0.25) is 0 Å². The fraction of sp³-hybridized carbons (Fsp3) is 0.731. The Balaban J connectivity index is 1.78. The van der Waals surface area contributed by atoms with E-state index in [9.17, 15) is 79.4 Å². The van der Waals surface area contributed by atoms with Gasteiger partial charge in [0.05, 0.1) is 12.2 Å². The van der Waals surface area contributed by atoms with Crippen molar-refractivity contribution in [1.29, 1.82) is 0 Å². The first kappa shape index (κ1) is 41.1. The molecule has 0 atom stereocenters. The Morgan fingerprint density at radius 2 is 0.958 bits per heavy atom. The van der Waals surface area contributed by atoms with Gasteiger partial charge >= 0.3 is 53.6 Å². The highest BCUT2D eigenvalue weighted by Crippen LogP contribution is 2.64. The zero-order valence-electron chi connectivity index (χ0n) is 24.1. The van der Waals surface area contributed by atoms with Gasteiger partial charge in [-0.1, -0.05) is 44.9 Å². The van der Waals surface area contributed by atoms with E-state index >= 15 is 0 Å². The van der Waals surface area contributed by atoms with Crippen molar-refractivity contribution in [1.82, 2.24) is 15.4 Å². The molecule has 0 saturated heterocycles. The maximum absolute atomic E-state index is 13.9. The van der Waals surface area contributed by atoms with E-state index in [0.29, 0.717) is 43.1 Å². The van der Waals surface area contributed by atoms with Crippen LogP contribution in [-0.2, 0) is 4.74 Å². The van der Waals surface area contributed by atoms with Crippen molar-refractivity contribution in [3.05, 3.63) is 23.8 Å². The summed E-state index contributed by atoms with van der Waals surface area (Å²) < 4.78 is 232. The van der Waals surface area contributed by atoms with Crippen molar-refractivity contribution in [3.8, 4) is 0 Å². The van der Waals surface area contributed by atoms with Gasteiger partial charge in [-0.2, -0.15) is 90.0 Å². The fourth-order valence-electron chi connectivity index (χ4n) is 4.26. The molecule has 5 nitrogen and oxygen atoms in total. The van der Waals surface area contributed by atoms with Crippen LogP contribution in [0.25, 0.3) is 11.0 Å². The summed E-state index contributed by atoms with van der Waals surface area (Å²) in [7, 11) is 0. The quantitative estimate of drug-likeness (QED) is 0.0887. The highest BCUT2D eigenvalue weighted by molar-refractivity contribution is 5.93. The molecule has 276 valence electrons. The molecular formula is C26H26F17N3O2. The lowest BCUT2D eigenvalue weighted by Crippen LogP contribution is -2.74. The Kier molecular flexibility index (Phi) is 12.3. The summed E-state index contributed by atoms with van der Waals surface area (Å²) in [5.74, 6) is -56.6. The third-order valence-electron chi connectivity index (χ3n) is 7.21. The number of nitrogens with one attached hydrogen (secondary N) is 1. The zero-order valence-corrected chi connectivity index (χ0v) is 24.1. The molecule has 0 spiro atoms. The first-order valence-corrected chi connectivity index (χ1v) is 13.9. The van der Waals surface area contributed by atoms with Crippen LogP contribution in [0, 0.1) is 0 Å². The van der Waals surface area contributed by atoms with Crippen molar-refractivity contribution in [3.63, 3.8) is 0 Å². The average Bonchev–Trinajstić information content (AvgIpc) is 3.44. The maximum atomic E-state index is 13.9. The lowest BCUT2D eigenvalue weighted by Gasteiger charge is -2.42. The second-order valence-corrected chi connectivity index (χ2v) is 10.7. The van der Waals surface area contributed by atoms with E-state index in [0.717, 1.165) is 0 Å². The van der Waals surface area contributed by atoms with Crippen LogP contribution >= 0.6 is 0 Å². The summed E-state index contributed by atoms with van der Waals surface area (Å²) in [6.45, 7) is 0.0830. The second-order valence-electron chi connectivity index (χ2n) is 10.7. The second kappa shape index (κ2) is 14.4. The number of alkyl halides is 17. The lowest BCUT2D eigenvalue weighted by molar-refractivity contribution is -0.461. The van der Waals surface area contributed by atoms with Crippen molar-refractivity contribution in [2.24, 2.45) is 0 Å². The highest BCUT2D eigenvalue weighted by Gasteiger charge is 2.95. The Bertz CT molecular complexity index is 1360. The van der Waals surface area contributed by atoms with Gasteiger partial charge in [0.25, 0.3) is 0 Å². The highest BCUT2D eigenvalue weighted by atomic mass is 19.4. The van der Waals surface area contributed by atoms with Gasteiger partial charge in [-0.15, -0.1) is 0 Å². The van der Waals surface area contributed by atoms with Crippen molar-refractivity contribution < 1.29 is 84.2 Å². The predicted octanol–water partition coefficient (Wildman–Crippen LogP) is 10.0. The number of carbonyl (C=O) groups is 1. The number of esters is 1. The fourth-order valence-corrected chi connectivity index (χ4v) is 4.26. The number of H-pyrrole nitrogens is 1. The van der Waals surface area contributed by atoms with Crippen molar-refractivity contribution in [2.75, 3.05) is 6.61 Å². The number of aromatic amines is 1. The largest absolute Gasteiger partial charge is 0.462 e. The summed E-state index contributed by atoms with van der Waals surface area (Å²) in [4.78, 5) is 12.1. The van der Waals surface area contributed by atoms with E-state index in [-0.39, 0.29) is 25.0 Å². The predicted molar refractivity (Wildman–Crippen MR) is 131 cm³/mol. The minimum atomic E-state index is -8.61. The van der Waals surface area contributed by atoms with E-state index in [1.807, 2.05) is 0 Å². The standard InChI is InChI=1S/C26H26F17N3O2/c27-19(28,20(29,30)21(31,32)22(33,34)23(35,36)24(37,38)25(39,40)26(41,42)43)12-8-6-4-2-1-3-5-7-9-13-48-18(47)15-10-11-16-17(14-15)45-46-44-16/h10-11,14H,1-9,12-13H2,(H,44,45,46). The molecular weight excluding hydrogens is 709 g/mol. The monoisotopic (exact) mass is 735 g/mol. The minimum absolute atomic E-state index is 0.00149. The van der Waals surface area contributed by atoms with Crippen LogP contribution in [0.15, 0.2) is 18.2 Å². The van der Waals surface area contributed by atoms with E-state index in [1.165, 1.54) is 12.1 Å². The van der Waals surface area contributed by atoms with Crippen LogP contribution in [0.5, 0.6) is 0 Å². The maximum Gasteiger partial charge on any atom is 0.460 e. The molecule has 0 amide bonds. The van der Waals surface area contributed by atoms with Crippen LogP contribution in [0.3, 0.4) is 0 Å². The molecule has 0 radical (unpaired) electrons. The smallest absolute Gasteiger partial charge is 0.460 e. The Morgan fingerprint density at radius 1 is 0.542 bits per heavy atom. The summed E-state index contributed by atoms with van der Waals surface area (Å²) in [6, 6.07) is 4.54. The first-order chi connectivity index (χ1) is 21.7. The van der Waals surface area contributed by atoms with E-state index in [1.54, 1.807) is 6.07 Å². The molecule has 22 heteroatoms. The SMILES string of the molecule is O=C(OCCCCCCCCCCCC(F)(F)C(F)(F)C(F)(F)C(F)(F)C(F)(F)C(F)(F)C(F)(F)C(F)(F)F)c1ccc2n[nH]nc2c1. The van der Waals surface area contributed by atoms with Gasteiger partial charge in [0, 0.05) is 6.42 Å². The van der Waals surface area contributed by atoms with Crippen molar-refractivity contribution in [2.45, 2.75) is 112 Å². The summed E-state index contributed by atoms with van der Waals surface area (Å²) >= 11 is 0. The molecule has 2 aromatic rings. The van der Waals surface area contributed by atoms with Crippen LogP contribution in [-0.4, -0.2) is 75.6 Å². The molecule has 0 bridgehead atoms. The average molecular weight is 735 g/mol. The van der Waals surface area contributed by atoms with Gasteiger partial charge < -0.3 is 4.74 Å². The number of aromatic nitrogens is 3. The Morgan fingerprint density at radius 3 is 1.46 bits per heavy atom. The molecule has 0 aliphatic carbocycles. The van der Waals surface area contributed by atoms with Crippen LogP contribution in [0.4, 0.5) is 74.6 Å². The van der Waals surface area contributed by atoms with Crippen LogP contribution < -0.4 is 0 Å². The molecule has 48 heavy (non-hydrogen) atoms. The summed E-state index contributed by atoms with van der Waals surface area (Å²) in [5.41, 5.74) is 1.25. The Labute approximate surface area is 259 Å². The number of carbonyl (C=O) groups excluding carboxylic acids is 1. The number of hydrogen-bond donors (Lipinski definition) is 1. The molecule has 1 aromatic carbocycles. The molecule has 0 aliphatic heterocycles. The van der Waals surface area contributed by atoms with Gasteiger partial charge in [-0.05, 0) is 31.0 Å². The topological polar surface area (TPSA) is 67.9 Å². The number of rotatable bonds is 19. The Hall–Kier alpha value is -3.10. The molecule has 2 rings (SSSR count). The summed E-state index contributed by atoms with van der Waals surface area (Å²) in [6.07, 6.45) is -8.76. The number of benzene rings is 1. The zero-order chi connectivity index (χ0) is 37.0. The van der Waals surface area contributed by atoms with Gasteiger partial charge in [0.2, 0.25) is 0 Å². The van der Waals surface area contributed by atoms with Crippen LogP contribution in [0.1, 0.15) is 74.6 Å². The third-order valence-corrected chi connectivity index (χ3v) is 7.21. The minimum Gasteiger partial charge on any atom is -0.462 e. The molecule has 0 aliphatic rings. The molecule has 1 aromatic heterocycles. The van der Waals surface area contributed by atoms with Gasteiger partial charge in [-0.25, -0.2) is 4.79 Å². The van der Waals surface area contributed by atoms with Gasteiger partial charge in [0.15, 0.2) is 0 Å². The van der Waals surface area contributed by atoms with Gasteiger partial charge in [0.1, 0.15) is 11.0 Å². The first-order valence-electron chi connectivity index (χ1n) is 13.9. The molecule has 0 fully saturated rings. The van der Waals surface area contributed by atoms with E-state index in [2.05, 4.69) is 15.4 Å². The lowest BCUT2D eigenvalue weighted by atomic mass is 9.87. The van der Waals surface area contributed by atoms with Crippen molar-refractivity contribution >= 4 is 17.0 Å². The molecule has 0 saturated carbocycles. The molecule has 0 unspecified atom stereocenters. The number of fused-ring (bicyclic) bond motifs is 1. The summed E-state index contributed by atoms with van der Waals surface area (Å²) in [5, 5.41) is 10.1. The third kappa shape index (κ3) is 7.70. The number of halogens is 17. The number of unbranched alkanes of at least 4 members (excludes halogenated alkanes) is 8. The van der Waals surface area contributed by atoms with E-state index in [4.69, 9.17) is 4.74 Å². The van der Waals surface area contributed by atoms with E-state index < -0.39 is 72.9 Å². The molecule has 1 N–H and O–H groups in total.